The van der Waals surface area contributed by atoms with Gasteiger partial charge in [-0.2, -0.15) is 0 Å². The van der Waals surface area contributed by atoms with Crippen molar-refractivity contribution in [1.29, 1.82) is 0 Å². The van der Waals surface area contributed by atoms with Crippen molar-refractivity contribution in [3.05, 3.63) is 136 Å². The molecule has 0 bridgehead atoms. The molecule has 1 aromatic heterocycles. The van der Waals surface area contributed by atoms with Crippen LogP contribution in [0.2, 0.25) is 0 Å². The number of benzene rings is 6. The number of hydrogen-bond acceptors (Lipinski definition) is 3. The Labute approximate surface area is 369 Å². The van der Waals surface area contributed by atoms with Gasteiger partial charge in [0.05, 0.1) is 5.69 Å². The Bertz CT molecular complexity index is 3040. The largest absolute Gasteiger partial charge is 0.311 e. The Hall–Kier alpha value is -4.80. The van der Waals surface area contributed by atoms with E-state index in [9.17, 15) is 0 Å². The summed E-state index contributed by atoms with van der Waals surface area (Å²) in [7, 11) is 0. The summed E-state index contributed by atoms with van der Waals surface area (Å²) in [5.74, 6) is 0. The van der Waals surface area contributed by atoms with Crippen molar-refractivity contribution in [2.24, 2.45) is 0 Å². The third-order valence-electron chi connectivity index (χ3n) is 15.6. The number of nitrogens with zero attached hydrogens (tertiary/aromatic N) is 2. The number of fused-ring (bicyclic) bond motifs is 9. The highest BCUT2D eigenvalue weighted by molar-refractivity contribution is 7.26. The van der Waals surface area contributed by atoms with Crippen molar-refractivity contribution in [2.45, 2.75) is 136 Å². The highest BCUT2D eigenvalue weighted by Crippen LogP contribution is 2.55. The lowest BCUT2D eigenvalue weighted by atomic mass is 9.32. The van der Waals surface area contributed by atoms with E-state index < -0.39 is 0 Å². The van der Waals surface area contributed by atoms with E-state index in [-0.39, 0.29) is 33.8 Å². The average Bonchev–Trinajstić information content (AvgIpc) is 3.65. The van der Waals surface area contributed by atoms with E-state index in [4.69, 9.17) is 0 Å². The SMILES string of the molecule is Cc1cc2c3c(c1)N(c1cccc4sc5ccccc5c14)c1cc4c(cc1B3c1cc3c(cc1N2c1ccc(C(C)(C)C)cc1C)C(C)(C)CC3(C)C)C(C)(C)CCC4(C)C. The summed E-state index contributed by atoms with van der Waals surface area (Å²) < 4.78 is 2.68. The maximum absolute atomic E-state index is 2.70. The third-order valence-corrected chi connectivity index (χ3v) is 16.7. The Balaban J connectivity index is 1.30. The van der Waals surface area contributed by atoms with Crippen LogP contribution in [0, 0.1) is 13.8 Å². The third kappa shape index (κ3) is 5.52. The molecule has 0 fully saturated rings. The second-order valence-corrected chi connectivity index (χ2v) is 24.0. The standard InChI is InChI=1S/C57H61BN2S/c1-33-25-47-52-48(26-33)60(44-18-16-20-50-51(44)36-17-14-15-19-49(36)61-50)46-30-39-37(54(6,7)23-24-55(39,8)9)28-41(46)58(52)42-29-38-40(57(12,13)32-56(38,10)11)31-45(42)59(47)43-22-21-35(27-34(43)2)53(3,4)5/h14-22,25-31H,23-24,32H2,1-13H3. The van der Waals surface area contributed by atoms with E-state index in [1.807, 2.05) is 11.3 Å². The zero-order valence-corrected chi connectivity index (χ0v) is 39.6. The zero-order chi connectivity index (χ0) is 42.9. The first-order valence-corrected chi connectivity index (χ1v) is 23.6. The lowest BCUT2D eigenvalue weighted by Gasteiger charge is -2.48. The molecule has 0 atom stereocenters. The van der Waals surface area contributed by atoms with E-state index in [2.05, 4.69) is 197 Å². The minimum atomic E-state index is 0.0612. The molecule has 2 nitrogen and oxygen atoms in total. The monoisotopic (exact) mass is 816 g/mol. The highest BCUT2D eigenvalue weighted by Gasteiger charge is 2.50. The maximum atomic E-state index is 2.70. The minimum absolute atomic E-state index is 0.0612. The summed E-state index contributed by atoms with van der Waals surface area (Å²) in [6.45, 7) is 31.6. The first kappa shape index (κ1) is 39.1. The van der Waals surface area contributed by atoms with E-state index in [1.54, 1.807) is 0 Å². The highest BCUT2D eigenvalue weighted by atomic mass is 32.1. The van der Waals surface area contributed by atoms with Crippen LogP contribution >= 0.6 is 11.3 Å². The number of rotatable bonds is 2. The van der Waals surface area contributed by atoms with Crippen molar-refractivity contribution < 1.29 is 0 Å². The van der Waals surface area contributed by atoms with Crippen LogP contribution in [-0.4, -0.2) is 6.71 Å². The molecule has 0 saturated carbocycles. The van der Waals surface area contributed by atoms with Crippen LogP contribution in [0.3, 0.4) is 0 Å². The molecular weight excluding hydrogens is 756 g/mol. The van der Waals surface area contributed by atoms with Crippen molar-refractivity contribution in [3.8, 4) is 0 Å². The molecule has 0 amide bonds. The summed E-state index contributed by atoms with van der Waals surface area (Å²) in [5.41, 5.74) is 22.5. The number of aryl methyl sites for hydroxylation is 2. The van der Waals surface area contributed by atoms with Crippen molar-refractivity contribution >= 4 is 88.7 Å². The number of anilines is 6. The molecule has 4 heteroatoms. The predicted octanol–water partition coefficient (Wildman–Crippen LogP) is 14.4. The van der Waals surface area contributed by atoms with Gasteiger partial charge < -0.3 is 9.80 Å². The normalized spacial score (nSPS) is 18.8. The molecule has 2 aliphatic carbocycles. The molecule has 0 spiro atoms. The zero-order valence-electron chi connectivity index (χ0n) is 38.7. The van der Waals surface area contributed by atoms with Crippen molar-refractivity contribution in [2.75, 3.05) is 9.80 Å². The molecule has 0 N–H and O–H groups in total. The average molecular weight is 817 g/mol. The molecule has 308 valence electrons. The van der Waals surface area contributed by atoms with Gasteiger partial charge in [0, 0.05) is 48.6 Å². The summed E-state index contributed by atoms with van der Waals surface area (Å²) in [4.78, 5) is 5.38. The van der Waals surface area contributed by atoms with Gasteiger partial charge in [0.2, 0.25) is 0 Å². The van der Waals surface area contributed by atoms with Crippen LogP contribution in [0.15, 0.2) is 97.1 Å². The van der Waals surface area contributed by atoms with Crippen molar-refractivity contribution in [3.63, 3.8) is 0 Å². The quantitative estimate of drug-likeness (QED) is 0.160. The van der Waals surface area contributed by atoms with Crippen LogP contribution in [0.5, 0.6) is 0 Å². The topological polar surface area (TPSA) is 6.48 Å². The minimum Gasteiger partial charge on any atom is -0.311 e. The fraction of sp³-hybridized carbons (Fsp3) is 0.368. The number of hydrogen-bond donors (Lipinski definition) is 0. The van der Waals surface area contributed by atoms with Gasteiger partial charge in [-0.05, 0) is 164 Å². The summed E-state index contributed by atoms with van der Waals surface area (Å²) in [5, 5.41) is 2.69. The molecular formula is C57H61BN2S. The Morgan fingerprint density at radius 2 is 1.07 bits per heavy atom. The van der Waals surface area contributed by atoms with Crippen LogP contribution in [0.4, 0.5) is 34.1 Å². The molecule has 3 heterocycles. The second kappa shape index (κ2) is 12.4. The lowest BCUT2D eigenvalue weighted by molar-refractivity contribution is 0.332. The van der Waals surface area contributed by atoms with E-state index in [0.717, 1.165) is 6.42 Å². The molecule has 0 radical (unpaired) electrons. The summed E-state index contributed by atoms with van der Waals surface area (Å²) in [6.07, 6.45) is 3.51. The summed E-state index contributed by atoms with van der Waals surface area (Å²) in [6, 6.07) is 39.0. The van der Waals surface area contributed by atoms with Crippen LogP contribution in [0.25, 0.3) is 20.2 Å². The molecule has 0 saturated heterocycles. The summed E-state index contributed by atoms with van der Waals surface area (Å²) >= 11 is 1.92. The Kier molecular flexibility index (Phi) is 7.97. The fourth-order valence-corrected chi connectivity index (χ4v) is 13.6. The second-order valence-electron chi connectivity index (χ2n) is 22.9. The van der Waals surface area contributed by atoms with Gasteiger partial charge in [-0.15, -0.1) is 11.3 Å². The van der Waals surface area contributed by atoms with Gasteiger partial charge in [0.1, 0.15) is 0 Å². The Morgan fingerprint density at radius 1 is 0.525 bits per heavy atom. The van der Waals surface area contributed by atoms with E-state index in [0.29, 0.717) is 0 Å². The van der Waals surface area contributed by atoms with Crippen LogP contribution < -0.4 is 26.2 Å². The Morgan fingerprint density at radius 3 is 1.67 bits per heavy atom. The van der Waals surface area contributed by atoms with Gasteiger partial charge in [0.15, 0.2) is 0 Å². The van der Waals surface area contributed by atoms with Gasteiger partial charge in [-0.25, -0.2) is 0 Å². The van der Waals surface area contributed by atoms with E-state index in [1.165, 1.54) is 122 Å². The molecule has 4 aliphatic rings. The fourth-order valence-electron chi connectivity index (χ4n) is 12.5. The predicted molar refractivity (Wildman–Crippen MR) is 267 cm³/mol. The first-order valence-electron chi connectivity index (χ1n) is 22.8. The van der Waals surface area contributed by atoms with Gasteiger partial charge in [-0.1, -0.05) is 125 Å². The van der Waals surface area contributed by atoms with Crippen LogP contribution in [-0.2, 0) is 27.1 Å². The number of thiophene rings is 1. The molecule has 2 aliphatic heterocycles. The lowest BCUT2D eigenvalue weighted by Crippen LogP contribution is -2.62. The van der Waals surface area contributed by atoms with Crippen molar-refractivity contribution in [1.82, 2.24) is 0 Å². The van der Waals surface area contributed by atoms with Gasteiger partial charge >= 0.3 is 0 Å². The maximum Gasteiger partial charge on any atom is 0.252 e. The molecule has 11 rings (SSSR count). The smallest absolute Gasteiger partial charge is 0.252 e. The molecule has 7 aromatic rings. The van der Waals surface area contributed by atoms with Gasteiger partial charge in [-0.3, -0.25) is 0 Å². The molecule has 0 unspecified atom stereocenters. The van der Waals surface area contributed by atoms with Crippen LogP contribution in [0.1, 0.15) is 134 Å². The molecule has 61 heavy (non-hydrogen) atoms. The van der Waals surface area contributed by atoms with E-state index >= 15 is 0 Å². The molecule has 6 aromatic carbocycles. The first-order chi connectivity index (χ1) is 28.7. The van der Waals surface area contributed by atoms with Gasteiger partial charge in [0.25, 0.3) is 6.71 Å².